The Morgan fingerprint density at radius 2 is 2.00 bits per heavy atom. The van der Waals surface area contributed by atoms with Gasteiger partial charge in [0.05, 0.1) is 0 Å². The molecule has 0 saturated heterocycles. The molecule has 1 nitrogen and oxygen atoms in total. The van der Waals surface area contributed by atoms with Crippen LogP contribution >= 0.6 is 0 Å². The minimum atomic E-state index is -0.720. The number of benzene rings is 1. The molecular formula is C13H15F2N. The normalized spacial score (nSPS) is 28.9. The van der Waals surface area contributed by atoms with Gasteiger partial charge in [0.15, 0.2) is 11.6 Å². The fraction of sp³-hybridized carbons (Fsp3) is 0.538. The monoisotopic (exact) mass is 223 g/mol. The molecule has 2 aliphatic rings. The van der Waals surface area contributed by atoms with Gasteiger partial charge in [0, 0.05) is 12.6 Å². The summed E-state index contributed by atoms with van der Waals surface area (Å²) < 4.78 is 27.0. The molecule has 0 amide bonds. The van der Waals surface area contributed by atoms with Crippen molar-refractivity contribution in [2.24, 2.45) is 5.92 Å². The number of hydrogen-bond acceptors (Lipinski definition) is 1. The Balaban J connectivity index is 2.11. The van der Waals surface area contributed by atoms with Gasteiger partial charge in [0.25, 0.3) is 0 Å². The fourth-order valence-electron chi connectivity index (χ4n) is 2.72. The van der Waals surface area contributed by atoms with Crippen molar-refractivity contribution in [3.05, 3.63) is 34.9 Å². The Hall–Kier alpha value is -0.960. The maximum atomic E-state index is 13.8. The summed E-state index contributed by atoms with van der Waals surface area (Å²) in [6.07, 6.45) is 2.40. The highest BCUT2D eigenvalue weighted by Crippen LogP contribution is 2.45. The molecule has 1 fully saturated rings. The van der Waals surface area contributed by atoms with E-state index >= 15 is 0 Å². The van der Waals surface area contributed by atoms with Crippen LogP contribution in [0.3, 0.4) is 0 Å². The Morgan fingerprint density at radius 3 is 2.69 bits per heavy atom. The summed E-state index contributed by atoms with van der Waals surface area (Å²) in [5.74, 6) is -0.684. The first kappa shape index (κ1) is 10.2. The van der Waals surface area contributed by atoms with E-state index in [0.29, 0.717) is 11.5 Å². The van der Waals surface area contributed by atoms with Crippen molar-refractivity contribution in [1.29, 1.82) is 0 Å². The van der Waals surface area contributed by atoms with E-state index in [9.17, 15) is 8.78 Å². The highest BCUT2D eigenvalue weighted by atomic mass is 19.2. The van der Waals surface area contributed by atoms with E-state index in [1.165, 1.54) is 18.9 Å². The van der Waals surface area contributed by atoms with Gasteiger partial charge in [-0.2, -0.15) is 0 Å². The molecular weight excluding hydrogens is 208 g/mol. The first-order valence-electron chi connectivity index (χ1n) is 5.89. The standard InChI is InChI=1S/C13H15F2N/c1-7-6-16-13(8-2-3-8)9-4-5-10(14)12(15)11(7)9/h4-5,7-8,13,16H,2-3,6H2,1H3. The van der Waals surface area contributed by atoms with Crippen LogP contribution in [0, 0.1) is 17.6 Å². The van der Waals surface area contributed by atoms with Gasteiger partial charge in [-0.3, -0.25) is 0 Å². The summed E-state index contributed by atoms with van der Waals surface area (Å²) in [6, 6.07) is 3.24. The lowest BCUT2D eigenvalue weighted by molar-refractivity contribution is 0.404. The summed E-state index contributed by atoms with van der Waals surface area (Å²) in [7, 11) is 0. The number of hydrogen-bond donors (Lipinski definition) is 1. The van der Waals surface area contributed by atoms with Crippen molar-refractivity contribution in [2.45, 2.75) is 31.7 Å². The van der Waals surface area contributed by atoms with E-state index in [4.69, 9.17) is 0 Å². The molecule has 1 aromatic carbocycles. The van der Waals surface area contributed by atoms with E-state index in [0.717, 1.165) is 12.1 Å². The van der Waals surface area contributed by atoms with Crippen LogP contribution in [0.1, 0.15) is 42.9 Å². The molecule has 86 valence electrons. The molecule has 1 aliphatic carbocycles. The molecule has 0 spiro atoms. The van der Waals surface area contributed by atoms with Gasteiger partial charge in [-0.25, -0.2) is 8.78 Å². The minimum absolute atomic E-state index is 0.0562. The van der Waals surface area contributed by atoms with E-state index in [1.54, 1.807) is 6.07 Å². The zero-order valence-corrected chi connectivity index (χ0v) is 9.26. The molecule has 1 heterocycles. The van der Waals surface area contributed by atoms with Crippen LogP contribution in [0.25, 0.3) is 0 Å². The van der Waals surface area contributed by atoms with Crippen LogP contribution in [0.2, 0.25) is 0 Å². The van der Waals surface area contributed by atoms with Gasteiger partial charge in [-0.05, 0) is 41.9 Å². The zero-order valence-electron chi connectivity index (χ0n) is 9.26. The van der Waals surface area contributed by atoms with E-state index in [-0.39, 0.29) is 12.0 Å². The first-order valence-corrected chi connectivity index (χ1v) is 5.89. The van der Waals surface area contributed by atoms with Crippen molar-refractivity contribution in [1.82, 2.24) is 5.32 Å². The number of nitrogens with one attached hydrogen (secondary N) is 1. The van der Waals surface area contributed by atoms with Gasteiger partial charge < -0.3 is 5.32 Å². The van der Waals surface area contributed by atoms with Crippen LogP contribution < -0.4 is 5.32 Å². The molecule has 0 aromatic heterocycles. The Labute approximate surface area is 93.9 Å². The van der Waals surface area contributed by atoms with Gasteiger partial charge in [0.1, 0.15) is 0 Å². The van der Waals surface area contributed by atoms with Gasteiger partial charge in [-0.1, -0.05) is 13.0 Å². The molecule has 2 atom stereocenters. The second kappa shape index (κ2) is 3.52. The quantitative estimate of drug-likeness (QED) is 0.771. The predicted octanol–water partition coefficient (Wildman–Crippen LogP) is 3.12. The smallest absolute Gasteiger partial charge is 0.162 e. The van der Waals surface area contributed by atoms with Crippen molar-refractivity contribution in [2.75, 3.05) is 6.54 Å². The van der Waals surface area contributed by atoms with Crippen LogP contribution in [0.4, 0.5) is 8.78 Å². The van der Waals surface area contributed by atoms with Crippen LogP contribution in [0.5, 0.6) is 0 Å². The molecule has 1 aromatic rings. The third-order valence-corrected chi connectivity index (χ3v) is 3.73. The average Bonchev–Trinajstić information content (AvgIpc) is 3.07. The lowest BCUT2D eigenvalue weighted by Gasteiger charge is -2.31. The highest BCUT2D eigenvalue weighted by molar-refractivity contribution is 5.38. The zero-order chi connectivity index (χ0) is 11.3. The van der Waals surface area contributed by atoms with Gasteiger partial charge in [0.2, 0.25) is 0 Å². The van der Waals surface area contributed by atoms with Crippen molar-refractivity contribution in [3.63, 3.8) is 0 Å². The van der Waals surface area contributed by atoms with E-state index < -0.39 is 11.6 Å². The Bertz CT molecular complexity index is 426. The molecule has 0 bridgehead atoms. The Morgan fingerprint density at radius 1 is 1.25 bits per heavy atom. The SMILES string of the molecule is CC1CNC(C2CC2)c2ccc(F)c(F)c21. The fourth-order valence-corrected chi connectivity index (χ4v) is 2.72. The third kappa shape index (κ3) is 1.46. The highest BCUT2D eigenvalue weighted by Gasteiger charge is 2.37. The summed E-state index contributed by atoms with van der Waals surface area (Å²) in [6.45, 7) is 2.69. The third-order valence-electron chi connectivity index (χ3n) is 3.73. The molecule has 1 saturated carbocycles. The minimum Gasteiger partial charge on any atom is -0.309 e. The predicted molar refractivity (Wildman–Crippen MR) is 58.2 cm³/mol. The molecule has 2 unspecified atom stereocenters. The molecule has 16 heavy (non-hydrogen) atoms. The largest absolute Gasteiger partial charge is 0.309 e. The Kier molecular flexibility index (Phi) is 2.25. The number of rotatable bonds is 1. The second-order valence-corrected chi connectivity index (χ2v) is 4.99. The first-order chi connectivity index (χ1) is 7.68. The van der Waals surface area contributed by atoms with Crippen LogP contribution in [-0.2, 0) is 0 Å². The molecule has 0 radical (unpaired) electrons. The molecule has 3 heteroatoms. The summed E-state index contributed by atoms with van der Waals surface area (Å²) in [5, 5.41) is 3.44. The summed E-state index contributed by atoms with van der Waals surface area (Å²) in [5.41, 5.74) is 1.57. The number of fused-ring (bicyclic) bond motifs is 1. The van der Waals surface area contributed by atoms with Gasteiger partial charge >= 0.3 is 0 Å². The number of halogens is 2. The lowest BCUT2D eigenvalue weighted by atomic mass is 9.85. The maximum Gasteiger partial charge on any atom is 0.162 e. The van der Waals surface area contributed by atoms with E-state index in [2.05, 4.69) is 5.32 Å². The lowest BCUT2D eigenvalue weighted by Crippen LogP contribution is -2.34. The topological polar surface area (TPSA) is 12.0 Å². The average molecular weight is 223 g/mol. The van der Waals surface area contributed by atoms with Crippen LogP contribution in [-0.4, -0.2) is 6.54 Å². The van der Waals surface area contributed by atoms with E-state index in [1.807, 2.05) is 6.92 Å². The van der Waals surface area contributed by atoms with Crippen molar-refractivity contribution < 1.29 is 8.78 Å². The van der Waals surface area contributed by atoms with Crippen LogP contribution in [0.15, 0.2) is 12.1 Å². The van der Waals surface area contributed by atoms with Gasteiger partial charge in [-0.15, -0.1) is 0 Å². The molecule has 1 aliphatic heterocycles. The second-order valence-electron chi connectivity index (χ2n) is 4.99. The molecule has 3 rings (SSSR count). The maximum absolute atomic E-state index is 13.8. The van der Waals surface area contributed by atoms with Crippen molar-refractivity contribution in [3.8, 4) is 0 Å². The van der Waals surface area contributed by atoms with Crippen molar-refractivity contribution >= 4 is 0 Å². The summed E-state index contributed by atoms with van der Waals surface area (Å²) >= 11 is 0. The summed E-state index contributed by atoms with van der Waals surface area (Å²) in [4.78, 5) is 0. The molecule has 1 N–H and O–H groups in total.